The van der Waals surface area contributed by atoms with Gasteiger partial charge in [0.2, 0.25) is 0 Å². The second-order valence-electron chi connectivity index (χ2n) is 4.18. The van der Waals surface area contributed by atoms with E-state index in [1.165, 1.54) is 0 Å². The predicted molar refractivity (Wildman–Crippen MR) is 77.0 cm³/mol. The molecule has 0 aliphatic heterocycles. The molecule has 0 aliphatic carbocycles. The molecule has 4 heteroatoms. The van der Waals surface area contributed by atoms with E-state index in [2.05, 4.69) is 15.6 Å². The Kier molecular flexibility index (Phi) is 4.50. The van der Waals surface area contributed by atoms with Crippen molar-refractivity contribution in [2.75, 3.05) is 11.9 Å². The maximum Gasteiger partial charge on any atom is 0.320 e. The zero-order valence-electron chi connectivity index (χ0n) is 10.9. The number of rotatable bonds is 4. The van der Waals surface area contributed by atoms with Gasteiger partial charge in [-0.25, -0.2) is 9.78 Å². The van der Waals surface area contributed by atoms with Crippen LogP contribution in [0.1, 0.15) is 13.3 Å². The second-order valence-corrected chi connectivity index (χ2v) is 4.18. The minimum atomic E-state index is -0.221. The number of nitrogens with one attached hydrogen (secondary N) is 2. The molecule has 0 unspecified atom stereocenters. The molecule has 19 heavy (non-hydrogen) atoms. The van der Waals surface area contributed by atoms with Gasteiger partial charge in [-0.15, -0.1) is 0 Å². The fourth-order valence-electron chi connectivity index (χ4n) is 1.67. The van der Waals surface area contributed by atoms with Crippen LogP contribution in [0.4, 0.5) is 10.6 Å². The lowest BCUT2D eigenvalue weighted by Crippen LogP contribution is -2.29. The number of pyridine rings is 1. The third-order valence-electron chi connectivity index (χ3n) is 2.65. The molecule has 2 N–H and O–H groups in total. The van der Waals surface area contributed by atoms with Crippen LogP contribution in [0, 0.1) is 0 Å². The van der Waals surface area contributed by atoms with E-state index in [0.29, 0.717) is 12.4 Å². The van der Waals surface area contributed by atoms with Gasteiger partial charge >= 0.3 is 6.03 Å². The fourth-order valence-corrected chi connectivity index (χ4v) is 1.67. The van der Waals surface area contributed by atoms with Crippen LogP contribution in [0.3, 0.4) is 0 Å². The van der Waals surface area contributed by atoms with Crippen molar-refractivity contribution in [1.29, 1.82) is 0 Å². The molecule has 0 fully saturated rings. The van der Waals surface area contributed by atoms with Crippen molar-refractivity contribution in [2.45, 2.75) is 13.3 Å². The Morgan fingerprint density at radius 1 is 1.11 bits per heavy atom. The van der Waals surface area contributed by atoms with Gasteiger partial charge in [-0.2, -0.15) is 0 Å². The Bertz CT molecular complexity index is 523. The van der Waals surface area contributed by atoms with Crippen molar-refractivity contribution in [3.05, 3.63) is 48.7 Å². The highest BCUT2D eigenvalue weighted by Gasteiger charge is 2.02. The summed E-state index contributed by atoms with van der Waals surface area (Å²) in [6, 6.07) is 13.5. The Morgan fingerprint density at radius 3 is 2.53 bits per heavy atom. The zero-order valence-corrected chi connectivity index (χ0v) is 10.9. The Morgan fingerprint density at radius 2 is 1.89 bits per heavy atom. The molecule has 4 nitrogen and oxygen atoms in total. The van der Waals surface area contributed by atoms with Gasteiger partial charge in [-0.05, 0) is 24.1 Å². The van der Waals surface area contributed by atoms with Crippen LogP contribution in [0.15, 0.2) is 48.7 Å². The molecule has 0 spiro atoms. The van der Waals surface area contributed by atoms with Gasteiger partial charge in [-0.1, -0.05) is 37.3 Å². The maximum atomic E-state index is 11.5. The van der Waals surface area contributed by atoms with E-state index >= 15 is 0 Å². The van der Waals surface area contributed by atoms with Gasteiger partial charge in [0.25, 0.3) is 0 Å². The number of anilines is 1. The van der Waals surface area contributed by atoms with E-state index in [1.807, 2.05) is 43.3 Å². The van der Waals surface area contributed by atoms with Crippen LogP contribution in [-0.2, 0) is 0 Å². The molecular formula is C15H17N3O. The molecule has 0 saturated carbocycles. The first-order valence-electron chi connectivity index (χ1n) is 6.36. The van der Waals surface area contributed by atoms with Crippen LogP contribution in [0.5, 0.6) is 0 Å². The topological polar surface area (TPSA) is 54.0 Å². The van der Waals surface area contributed by atoms with Crippen LogP contribution in [0.2, 0.25) is 0 Å². The van der Waals surface area contributed by atoms with Crippen molar-refractivity contribution < 1.29 is 4.79 Å². The molecule has 0 bridgehead atoms. The molecule has 1 heterocycles. The summed E-state index contributed by atoms with van der Waals surface area (Å²) in [6.45, 7) is 2.67. The summed E-state index contributed by atoms with van der Waals surface area (Å²) in [7, 11) is 0. The molecule has 2 rings (SSSR count). The van der Waals surface area contributed by atoms with Crippen LogP contribution >= 0.6 is 0 Å². The van der Waals surface area contributed by atoms with E-state index < -0.39 is 0 Å². The van der Waals surface area contributed by atoms with Crippen LogP contribution < -0.4 is 10.6 Å². The Balaban J connectivity index is 2.01. The summed E-state index contributed by atoms with van der Waals surface area (Å²) in [5.74, 6) is 0.549. The molecule has 2 aromatic rings. The standard InChI is InChI=1S/C15H17N3O/c1-2-10-16-15(19)18-14-9-8-13(11-17-14)12-6-4-3-5-7-12/h3-9,11H,2,10H2,1H3,(H2,16,17,18,19). The molecule has 0 saturated heterocycles. The van der Waals surface area contributed by atoms with E-state index in [9.17, 15) is 4.79 Å². The van der Waals surface area contributed by atoms with Gasteiger partial charge in [-0.3, -0.25) is 5.32 Å². The fraction of sp³-hybridized carbons (Fsp3) is 0.200. The molecule has 0 atom stereocenters. The lowest BCUT2D eigenvalue weighted by molar-refractivity contribution is 0.252. The smallest absolute Gasteiger partial charge is 0.320 e. The Labute approximate surface area is 112 Å². The van der Waals surface area contributed by atoms with E-state index in [0.717, 1.165) is 17.5 Å². The first-order valence-corrected chi connectivity index (χ1v) is 6.36. The molecule has 0 aliphatic rings. The number of benzene rings is 1. The minimum absolute atomic E-state index is 0.221. The van der Waals surface area contributed by atoms with Gasteiger partial charge in [0.1, 0.15) is 5.82 Å². The predicted octanol–water partition coefficient (Wildman–Crippen LogP) is 3.28. The summed E-state index contributed by atoms with van der Waals surface area (Å²) >= 11 is 0. The van der Waals surface area contributed by atoms with Crippen LogP contribution in [-0.4, -0.2) is 17.6 Å². The first kappa shape index (κ1) is 13.1. The lowest BCUT2D eigenvalue weighted by Gasteiger charge is -2.06. The third-order valence-corrected chi connectivity index (χ3v) is 2.65. The number of nitrogens with zero attached hydrogens (tertiary/aromatic N) is 1. The summed E-state index contributed by atoms with van der Waals surface area (Å²) in [5, 5.41) is 5.43. The average Bonchev–Trinajstić information content (AvgIpc) is 2.47. The zero-order chi connectivity index (χ0) is 13.5. The van der Waals surface area contributed by atoms with E-state index in [4.69, 9.17) is 0 Å². The summed E-state index contributed by atoms with van der Waals surface area (Å²) in [5.41, 5.74) is 2.14. The normalized spacial score (nSPS) is 9.95. The van der Waals surface area contributed by atoms with Crippen LogP contribution in [0.25, 0.3) is 11.1 Å². The molecule has 1 aromatic carbocycles. The number of hydrogen-bond donors (Lipinski definition) is 2. The average molecular weight is 255 g/mol. The number of aromatic nitrogens is 1. The number of carbonyl (C=O) groups is 1. The largest absolute Gasteiger partial charge is 0.338 e. The third kappa shape index (κ3) is 3.81. The van der Waals surface area contributed by atoms with E-state index in [-0.39, 0.29) is 6.03 Å². The van der Waals surface area contributed by atoms with Gasteiger partial charge in [0, 0.05) is 18.3 Å². The van der Waals surface area contributed by atoms with Crippen molar-refractivity contribution in [3.8, 4) is 11.1 Å². The highest BCUT2D eigenvalue weighted by Crippen LogP contribution is 2.18. The monoisotopic (exact) mass is 255 g/mol. The number of urea groups is 1. The quantitative estimate of drug-likeness (QED) is 0.880. The molecule has 0 radical (unpaired) electrons. The number of amides is 2. The summed E-state index contributed by atoms with van der Waals surface area (Å²) < 4.78 is 0. The first-order chi connectivity index (χ1) is 9.29. The van der Waals surface area contributed by atoms with Crippen molar-refractivity contribution in [3.63, 3.8) is 0 Å². The maximum absolute atomic E-state index is 11.5. The SMILES string of the molecule is CCCNC(=O)Nc1ccc(-c2ccccc2)cn1. The molecule has 98 valence electrons. The summed E-state index contributed by atoms with van der Waals surface area (Å²) in [4.78, 5) is 15.7. The molecule has 1 aromatic heterocycles. The van der Waals surface area contributed by atoms with Gasteiger partial charge in [0.05, 0.1) is 0 Å². The second kappa shape index (κ2) is 6.54. The Hall–Kier alpha value is -2.36. The van der Waals surface area contributed by atoms with Gasteiger partial charge < -0.3 is 5.32 Å². The summed E-state index contributed by atoms with van der Waals surface area (Å²) in [6.07, 6.45) is 2.67. The highest BCUT2D eigenvalue weighted by molar-refractivity contribution is 5.88. The molecule has 2 amide bonds. The number of hydrogen-bond acceptors (Lipinski definition) is 2. The highest BCUT2D eigenvalue weighted by atomic mass is 16.2. The van der Waals surface area contributed by atoms with E-state index in [1.54, 1.807) is 12.3 Å². The van der Waals surface area contributed by atoms with Gasteiger partial charge in [0.15, 0.2) is 0 Å². The van der Waals surface area contributed by atoms with Crippen molar-refractivity contribution in [2.24, 2.45) is 0 Å². The van der Waals surface area contributed by atoms with Crippen molar-refractivity contribution in [1.82, 2.24) is 10.3 Å². The lowest BCUT2D eigenvalue weighted by atomic mass is 10.1. The minimum Gasteiger partial charge on any atom is -0.338 e. The van der Waals surface area contributed by atoms with Crippen molar-refractivity contribution >= 4 is 11.8 Å². The molecular weight excluding hydrogens is 238 g/mol. The number of carbonyl (C=O) groups excluding carboxylic acids is 1.